The first-order valence-corrected chi connectivity index (χ1v) is 11.1. The van der Waals surface area contributed by atoms with Crippen molar-refractivity contribution in [3.05, 3.63) is 28.8 Å². The van der Waals surface area contributed by atoms with Crippen molar-refractivity contribution in [1.29, 1.82) is 0 Å². The highest BCUT2D eigenvalue weighted by Crippen LogP contribution is 2.30. The Morgan fingerprint density at radius 3 is 2.83 bits per heavy atom. The Labute approximate surface area is 173 Å². The minimum atomic E-state index is 0.130. The van der Waals surface area contributed by atoms with Gasteiger partial charge < -0.3 is 4.90 Å². The van der Waals surface area contributed by atoms with Crippen LogP contribution in [0.25, 0.3) is 10.6 Å². The number of fused-ring (bicyclic) bond motifs is 1. The summed E-state index contributed by atoms with van der Waals surface area (Å²) in [5.74, 6) is 2.28. The molecule has 0 amide bonds. The minimum Gasteiger partial charge on any atom is -0.340 e. The average molecular weight is 412 g/mol. The molecule has 5 heterocycles. The molecule has 0 N–H and O–H groups in total. The Morgan fingerprint density at radius 2 is 2.07 bits per heavy atom. The summed E-state index contributed by atoms with van der Waals surface area (Å²) >= 11 is 1.56. The van der Waals surface area contributed by atoms with Gasteiger partial charge in [-0.25, -0.2) is 9.67 Å². The van der Waals surface area contributed by atoms with Crippen LogP contribution in [0.2, 0.25) is 0 Å². The van der Waals surface area contributed by atoms with Crippen molar-refractivity contribution in [2.24, 2.45) is 13.0 Å². The molecule has 5 rings (SSSR count). The second kappa shape index (κ2) is 7.37. The fourth-order valence-corrected chi connectivity index (χ4v) is 5.15. The Morgan fingerprint density at radius 1 is 1.24 bits per heavy atom. The summed E-state index contributed by atoms with van der Waals surface area (Å²) in [4.78, 5) is 24.8. The summed E-state index contributed by atoms with van der Waals surface area (Å²) in [6.07, 6.45) is 6.44. The van der Waals surface area contributed by atoms with Crippen LogP contribution < -0.4 is 4.90 Å². The van der Waals surface area contributed by atoms with E-state index in [0.29, 0.717) is 12.1 Å². The van der Waals surface area contributed by atoms with E-state index in [1.165, 1.54) is 12.8 Å². The topological polar surface area (TPSA) is 81.7 Å². The summed E-state index contributed by atoms with van der Waals surface area (Å²) < 4.78 is 3.72. The molecule has 0 saturated carbocycles. The second-order valence-electron chi connectivity index (χ2n) is 8.06. The first-order chi connectivity index (χ1) is 14.1. The van der Waals surface area contributed by atoms with Crippen LogP contribution in [0.4, 0.5) is 5.95 Å². The van der Waals surface area contributed by atoms with Crippen LogP contribution >= 0.6 is 11.3 Å². The van der Waals surface area contributed by atoms with Crippen LogP contribution in [0.1, 0.15) is 47.7 Å². The van der Waals surface area contributed by atoms with E-state index in [1.54, 1.807) is 22.2 Å². The van der Waals surface area contributed by atoms with Gasteiger partial charge in [-0.05, 0) is 32.1 Å². The van der Waals surface area contributed by atoms with Gasteiger partial charge in [0.15, 0.2) is 5.78 Å². The van der Waals surface area contributed by atoms with Gasteiger partial charge in [0.1, 0.15) is 16.5 Å². The molecule has 0 spiro atoms. The number of hydrogen-bond acceptors (Lipinski definition) is 7. The number of carbonyl (C=O) groups is 1. The summed E-state index contributed by atoms with van der Waals surface area (Å²) in [6.45, 7) is 4.89. The number of thiazole rings is 1. The lowest BCUT2D eigenvalue weighted by Gasteiger charge is -2.21. The molecule has 1 atom stereocenters. The molecular weight excluding hydrogens is 386 g/mol. The Bertz CT molecular complexity index is 1040. The smallest absolute Gasteiger partial charge is 0.244 e. The van der Waals surface area contributed by atoms with Crippen LogP contribution in [0.5, 0.6) is 0 Å². The van der Waals surface area contributed by atoms with Crippen molar-refractivity contribution >= 4 is 23.1 Å². The molecule has 1 saturated heterocycles. The van der Waals surface area contributed by atoms with Gasteiger partial charge in [-0.1, -0.05) is 0 Å². The fourth-order valence-electron chi connectivity index (χ4n) is 4.34. The molecule has 1 fully saturated rings. The molecule has 1 unspecified atom stereocenters. The van der Waals surface area contributed by atoms with Gasteiger partial charge in [0.2, 0.25) is 5.95 Å². The third kappa shape index (κ3) is 3.48. The normalized spacial score (nSPS) is 19.0. The zero-order valence-corrected chi connectivity index (χ0v) is 17.7. The van der Waals surface area contributed by atoms with E-state index in [0.717, 1.165) is 60.5 Å². The van der Waals surface area contributed by atoms with Crippen LogP contribution in [0.15, 0.2) is 11.6 Å². The quantitative estimate of drug-likeness (QED) is 0.601. The highest BCUT2D eigenvalue weighted by atomic mass is 32.1. The lowest BCUT2D eigenvalue weighted by molar-refractivity contribution is 0.0944. The number of anilines is 1. The molecule has 3 aromatic heterocycles. The predicted octanol–water partition coefficient (Wildman–Crippen LogP) is 2.88. The lowest BCUT2D eigenvalue weighted by Crippen LogP contribution is -2.23. The number of Topliss-reactive ketones (excluding diaryl/α,β-unsaturated/α-hetero) is 1. The summed E-state index contributed by atoms with van der Waals surface area (Å²) in [5.41, 5.74) is 2.46. The molecule has 0 radical (unpaired) electrons. The highest BCUT2D eigenvalue weighted by Gasteiger charge is 2.28. The van der Waals surface area contributed by atoms with Crippen LogP contribution in [-0.4, -0.2) is 48.4 Å². The second-order valence-corrected chi connectivity index (χ2v) is 8.91. The Balaban J connectivity index is 1.32. The summed E-state index contributed by atoms with van der Waals surface area (Å²) in [7, 11) is 1.83. The lowest BCUT2D eigenvalue weighted by atomic mass is 9.91. The van der Waals surface area contributed by atoms with Gasteiger partial charge >= 0.3 is 0 Å². The van der Waals surface area contributed by atoms with Gasteiger partial charge in [-0.15, -0.1) is 16.4 Å². The van der Waals surface area contributed by atoms with Crippen molar-refractivity contribution in [3.63, 3.8) is 0 Å². The monoisotopic (exact) mass is 411 g/mol. The Hall–Kier alpha value is -2.55. The van der Waals surface area contributed by atoms with Crippen LogP contribution in [-0.2, 0) is 20.0 Å². The standard InChI is InChI=1S/C20H25N7OS/c1-13-12-29-19(22-13)15-11-21-25(2)18(15)16(28)9-14-5-8-27-17(10-14)23-20(24-27)26-6-3-4-7-26/h11-12,14H,3-10H2,1-2H3. The maximum absolute atomic E-state index is 13.2. The Kier molecular flexibility index (Phi) is 4.69. The van der Waals surface area contributed by atoms with Crippen molar-refractivity contribution in [3.8, 4) is 10.6 Å². The number of rotatable bonds is 5. The molecule has 0 aliphatic carbocycles. The first-order valence-electron chi connectivity index (χ1n) is 10.2. The molecule has 0 aromatic carbocycles. The molecule has 3 aromatic rings. The third-order valence-corrected chi connectivity index (χ3v) is 6.87. The van der Waals surface area contributed by atoms with Gasteiger partial charge in [0.05, 0.1) is 11.8 Å². The van der Waals surface area contributed by atoms with E-state index in [2.05, 4.69) is 15.0 Å². The van der Waals surface area contributed by atoms with E-state index < -0.39 is 0 Å². The fraction of sp³-hybridized carbons (Fsp3) is 0.550. The van der Waals surface area contributed by atoms with Crippen LogP contribution in [0, 0.1) is 12.8 Å². The molecule has 8 nitrogen and oxygen atoms in total. The van der Waals surface area contributed by atoms with Gasteiger partial charge in [-0.2, -0.15) is 10.1 Å². The van der Waals surface area contributed by atoms with Gasteiger partial charge in [-0.3, -0.25) is 9.48 Å². The van der Waals surface area contributed by atoms with E-state index >= 15 is 0 Å². The molecular formula is C20H25N7OS. The van der Waals surface area contributed by atoms with Gasteiger partial charge in [0, 0.05) is 50.6 Å². The summed E-state index contributed by atoms with van der Waals surface area (Å²) in [5, 5.41) is 11.9. The number of carbonyl (C=O) groups excluding carboxylic acids is 1. The van der Waals surface area contributed by atoms with Crippen molar-refractivity contribution in [1.82, 2.24) is 29.5 Å². The maximum atomic E-state index is 13.2. The zero-order chi connectivity index (χ0) is 20.0. The minimum absolute atomic E-state index is 0.130. The maximum Gasteiger partial charge on any atom is 0.244 e. The molecule has 2 aliphatic heterocycles. The number of aromatic nitrogens is 6. The van der Waals surface area contributed by atoms with Crippen molar-refractivity contribution in [2.45, 2.75) is 45.6 Å². The van der Waals surface area contributed by atoms with Crippen molar-refractivity contribution in [2.75, 3.05) is 18.0 Å². The number of nitrogens with zero attached hydrogens (tertiary/aromatic N) is 7. The first kappa shape index (κ1) is 18.5. The molecule has 0 bridgehead atoms. The largest absolute Gasteiger partial charge is 0.340 e. The zero-order valence-electron chi connectivity index (χ0n) is 16.8. The van der Waals surface area contributed by atoms with E-state index in [4.69, 9.17) is 10.1 Å². The van der Waals surface area contributed by atoms with E-state index in [-0.39, 0.29) is 11.7 Å². The predicted molar refractivity (Wildman–Crippen MR) is 111 cm³/mol. The number of aryl methyl sites for hydroxylation is 3. The van der Waals surface area contributed by atoms with Crippen LogP contribution in [0.3, 0.4) is 0 Å². The van der Waals surface area contributed by atoms with Crippen molar-refractivity contribution < 1.29 is 4.79 Å². The van der Waals surface area contributed by atoms with Gasteiger partial charge in [0.25, 0.3) is 0 Å². The molecule has 9 heteroatoms. The van der Waals surface area contributed by atoms with E-state index in [9.17, 15) is 4.79 Å². The van der Waals surface area contributed by atoms with E-state index in [1.807, 2.05) is 24.0 Å². The number of hydrogen-bond donors (Lipinski definition) is 0. The number of ketones is 1. The molecule has 152 valence electrons. The molecule has 29 heavy (non-hydrogen) atoms. The highest BCUT2D eigenvalue weighted by molar-refractivity contribution is 7.13. The summed E-state index contributed by atoms with van der Waals surface area (Å²) in [6, 6.07) is 0. The average Bonchev–Trinajstić information content (AvgIpc) is 3.47. The third-order valence-electron chi connectivity index (χ3n) is 5.87. The SMILES string of the molecule is Cc1csc(-c2cnn(C)c2C(=O)CC2CCn3nc(N4CCCC4)nc3C2)n1. The molecule has 2 aliphatic rings.